The maximum absolute atomic E-state index is 12.5. The second-order valence-electron chi connectivity index (χ2n) is 5.46. The first-order valence-corrected chi connectivity index (χ1v) is 9.20. The van der Waals surface area contributed by atoms with Gasteiger partial charge in [0.2, 0.25) is 5.16 Å². The van der Waals surface area contributed by atoms with E-state index in [2.05, 4.69) is 15.0 Å². The Morgan fingerprint density at radius 2 is 2.04 bits per heavy atom. The Morgan fingerprint density at radius 1 is 1.32 bits per heavy atom. The standard InChI is InChI=1S/C15H18N6O3S/c1-24-7-8-25(17,23)14-19-12(16)11-13(20-14)21(15(22)18-11)9-10-5-3-2-4-6-10/h2-6,17H,7-9H2,1H3,(H,18,22)(H2,16,19,20)/t25-/m1/s1. The molecule has 2 heterocycles. The molecule has 2 aromatic heterocycles. The van der Waals surface area contributed by atoms with Crippen LogP contribution in [0.25, 0.3) is 11.2 Å². The quantitative estimate of drug-likeness (QED) is 0.554. The molecule has 9 nitrogen and oxygen atoms in total. The number of nitrogens with zero attached hydrogens (tertiary/aromatic N) is 3. The van der Waals surface area contributed by atoms with Crippen molar-refractivity contribution in [3.05, 3.63) is 46.4 Å². The van der Waals surface area contributed by atoms with E-state index in [0.717, 1.165) is 5.56 Å². The van der Waals surface area contributed by atoms with E-state index in [0.29, 0.717) is 0 Å². The van der Waals surface area contributed by atoms with Crippen LogP contribution in [0.1, 0.15) is 5.56 Å². The number of rotatable bonds is 6. The van der Waals surface area contributed by atoms with E-state index >= 15 is 0 Å². The van der Waals surface area contributed by atoms with Crippen LogP contribution in [-0.4, -0.2) is 43.2 Å². The minimum Gasteiger partial charge on any atom is -0.384 e. The van der Waals surface area contributed by atoms with Crippen LogP contribution in [-0.2, 0) is 21.0 Å². The molecule has 25 heavy (non-hydrogen) atoms. The number of methoxy groups -OCH3 is 1. The van der Waals surface area contributed by atoms with Crippen molar-refractivity contribution in [1.82, 2.24) is 19.5 Å². The van der Waals surface area contributed by atoms with Gasteiger partial charge in [-0.3, -0.25) is 4.57 Å². The molecule has 10 heteroatoms. The zero-order valence-corrected chi connectivity index (χ0v) is 14.4. The van der Waals surface area contributed by atoms with Gasteiger partial charge >= 0.3 is 5.69 Å². The summed E-state index contributed by atoms with van der Waals surface area (Å²) in [7, 11) is -1.82. The van der Waals surface area contributed by atoms with Crippen molar-refractivity contribution < 1.29 is 8.95 Å². The highest BCUT2D eigenvalue weighted by molar-refractivity contribution is 7.92. The smallest absolute Gasteiger partial charge is 0.328 e. The second-order valence-corrected chi connectivity index (χ2v) is 7.59. The molecule has 3 aromatic rings. The molecule has 0 saturated heterocycles. The van der Waals surface area contributed by atoms with Crippen molar-refractivity contribution in [3.8, 4) is 0 Å². The van der Waals surface area contributed by atoms with Gasteiger partial charge in [-0.25, -0.2) is 18.8 Å². The molecule has 4 N–H and O–H groups in total. The van der Waals surface area contributed by atoms with Gasteiger partial charge in [-0.1, -0.05) is 30.3 Å². The van der Waals surface area contributed by atoms with Crippen molar-refractivity contribution in [2.45, 2.75) is 11.7 Å². The molecule has 132 valence electrons. The lowest BCUT2D eigenvalue weighted by molar-refractivity contribution is 0.217. The fourth-order valence-corrected chi connectivity index (χ4v) is 3.45. The number of aromatic nitrogens is 4. The molecule has 1 atom stereocenters. The molecular weight excluding hydrogens is 344 g/mol. The molecule has 0 unspecified atom stereocenters. The predicted molar refractivity (Wildman–Crippen MR) is 94.0 cm³/mol. The summed E-state index contributed by atoms with van der Waals surface area (Å²) in [6.07, 6.45) is 0. The summed E-state index contributed by atoms with van der Waals surface area (Å²) in [5.41, 5.74) is 6.88. The Labute approximate surface area is 143 Å². The van der Waals surface area contributed by atoms with Gasteiger partial charge in [0, 0.05) is 7.11 Å². The molecule has 0 aliphatic carbocycles. The first-order chi connectivity index (χ1) is 11.9. The highest BCUT2D eigenvalue weighted by atomic mass is 32.2. The van der Waals surface area contributed by atoms with E-state index in [1.165, 1.54) is 11.7 Å². The summed E-state index contributed by atoms with van der Waals surface area (Å²) in [6.45, 7) is 0.403. The fourth-order valence-electron chi connectivity index (χ4n) is 2.38. The van der Waals surface area contributed by atoms with Gasteiger partial charge in [0.25, 0.3) is 0 Å². The number of fused-ring (bicyclic) bond motifs is 1. The van der Waals surface area contributed by atoms with Crippen LogP contribution in [0.2, 0.25) is 0 Å². The van der Waals surface area contributed by atoms with E-state index in [1.807, 2.05) is 30.3 Å². The minimum absolute atomic E-state index is 0.0127. The van der Waals surface area contributed by atoms with Gasteiger partial charge in [0.15, 0.2) is 11.5 Å². The highest BCUT2D eigenvalue weighted by Gasteiger charge is 2.20. The number of H-pyrrole nitrogens is 1. The molecule has 3 rings (SSSR count). The maximum Gasteiger partial charge on any atom is 0.328 e. The number of benzene rings is 1. The van der Waals surface area contributed by atoms with Crippen LogP contribution >= 0.6 is 0 Å². The summed E-state index contributed by atoms with van der Waals surface area (Å²) in [4.78, 5) is 23.0. The number of nitrogens with two attached hydrogens (primary N) is 1. The summed E-state index contributed by atoms with van der Waals surface area (Å²) in [6, 6.07) is 9.37. The number of anilines is 1. The molecule has 0 aliphatic heterocycles. The molecule has 0 aliphatic rings. The molecule has 0 saturated carbocycles. The number of nitrogen functional groups attached to an aromatic ring is 1. The van der Waals surface area contributed by atoms with Crippen LogP contribution in [0.5, 0.6) is 0 Å². The average Bonchev–Trinajstić information content (AvgIpc) is 2.91. The van der Waals surface area contributed by atoms with Crippen LogP contribution in [0.3, 0.4) is 0 Å². The summed E-state index contributed by atoms with van der Waals surface area (Å²) >= 11 is 0. The molecule has 0 fully saturated rings. The lowest BCUT2D eigenvalue weighted by Crippen LogP contribution is -2.18. The zero-order valence-electron chi connectivity index (χ0n) is 13.6. The SMILES string of the molecule is COCC[S@@](=N)(=O)c1nc(N)c2[nH]c(=O)n(Cc3ccccc3)c2n1. The summed E-state index contributed by atoms with van der Waals surface area (Å²) < 4.78 is 26.8. The lowest BCUT2D eigenvalue weighted by Gasteiger charge is -2.08. The topological polar surface area (TPSA) is 140 Å². The number of hydrogen-bond acceptors (Lipinski definition) is 7. The Bertz CT molecular complexity index is 1060. The number of nitrogens with one attached hydrogen (secondary N) is 2. The predicted octanol–water partition coefficient (Wildman–Crippen LogP) is 0.802. The minimum atomic E-state index is -3.27. The van der Waals surface area contributed by atoms with Crippen molar-refractivity contribution in [3.63, 3.8) is 0 Å². The van der Waals surface area contributed by atoms with E-state index in [9.17, 15) is 9.00 Å². The second kappa shape index (κ2) is 6.65. The Kier molecular flexibility index (Phi) is 4.55. The molecule has 0 radical (unpaired) electrons. The third-order valence-electron chi connectivity index (χ3n) is 3.68. The van der Waals surface area contributed by atoms with E-state index in [4.69, 9.17) is 15.3 Å². The van der Waals surface area contributed by atoms with Gasteiger partial charge in [-0.15, -0.1) is 0 Å². The molecule has 0 amide bonds. The van der Waals surface area contributed by atoms with Crippen molar-refractivity contribution in [2.24, 2.45) is 0 Å². The molecular formula is C15H18N6O3S. The molecule has 1 aromatic carbocycles. The lowest BCUT2D eigenvalue weighted by atomic mass is 10.2. The third-order valence-corrected chi connectivity index (χ3v) is 5.20. The fraction of sp³-hybridized carbons (Fsp3) is 0.267. The number of imidazole rings is 1. The van der Waals surface area contributed by atoms with Gasteiger partial charge in [-0.2, -0.15) is 4.98 Å². The van der Waals surface area contributed by atoms with Crippen molar-refractivity contribution >= 4 is 26.7 Å². The Hall–Kier alpha value is -2.72. The van der Waals surface area contributed by atoms with Crippen molar-refractivity contribution in [1.29, 1.82) is 4.78 Å². The Morgan fingerprint density at radius 3 is 2.72 bits per heavy atom. The summed E-state index contributed by atoms with van der Waals surface area (Å²) in [5.74, 6) is -0.0665. The van der Waals surface area contributed by atoms with Crippen LogP contribution in [0.15, 0.2) is 40.3 Å². The molecule has 0 bridgehead atoms. The van der Waals surface area contributed by atoms with Crippen LogP contribution < -0.4 is 11.4 Å². The van der Waals surface area contributed by atoms with E-state index in [-0.39, 0.29) is 41.0 Å². The maximum atomic E-state index is 12.5. The van der Waals surface area contributed by atoms with Gasteiger partial charge in [0.1, 0.15) is 15.2 Å². The highest BCUT2D eigenvalue weighted by Crippen LogP contribution is 2.18. The van der Waals surface area contributed by atoms with Gasteiger partial charge < -0.3 is 15.5 Å². The van der Waals surface area contributed by atoms with Crippen LogP contribution in [0, 0.1) is 4.78 Å². The average molecular weight is 362 g/mol. The van der Waals surface area contributed by atoms with Crippen LogP contribution in [0.4, 0.5) is 5.82 Å². The van der Waals surface area contributed by atoms with Gasteiger partial charge in [0.05, 0.1) is 18.9 Å². The zero-order chi connectivity index (χ0) is 18.0. The van der Waals surface area contributed by atoms with Crippen molar-refractivity contribution in [2.75, 3.05) is 25.2 Å². The largest absolute Gasteiger partial charge is 0.384 e. The summed E-state index contributed by atoms with van der Waals surface area (Å²) in [5, 5.41) is -0.199. The first-order valence-electron chi connectivity index (χ1n) is 7.48. The van der Waals surface area contributed by atoms with E-state index < -0.39 is 15.4 Å². The normalized spacial score (nSPS) is 13.8. The van der Waals surface area contributed by atoms with E-state index in [1.54, 1.807) is 0 Å². The molecule has 0 spiro atoms. The monoisotopic (exact) mass is 362 g/mol. The number of aromatic amines is 1. The van der Waals surface area contributed by atoms with Gasteiger partial charge in [-0.05, 0) is 5.56 Å². The number of ether oxygens (including phenoxy) is 1. The third kappa shape index (κ3) is 3.39. The Balaban J connectivity index is 2.13. The first kappa shape index (κ1) is 17.1. The number of hydrogen-bond donors (Lipinski definition) is 3.